The Labute approximate surface area is 92.0 Å². The minimum Gasteiger partial charge on any atom is -0.342 e. The van der Waals surface area contributed by atoms with Crippen molar-refractivity contribution in [2.75, 3.05) is 13.6 Å². The predicted octanol–water partition coefficient (Wildman–Crippen LogP) is 1.37. The third-order valence-electron chi connectivity index (χ3n) is 4.39. The van der Waals surface area contributed by atoms with Crippen LogP contribution in [0.5, 0.6) is 0 Å². The molecule has 1 amide bonds. The van der Waals surface area contributed by atoms with Crippen LogP contribution in [-0.4, -0.2) is 30.4 Å². The quantitative estimate of drug-likeness (QED) is 0.762. The summed E-state index contributed by atoms with van der Waals surface area (Å²) >= 11 is 0. The van der Waals surface area contributed by atoms with Gasteiger partial charge in [-0.15, -0.1) is 0 Å². The normalized spacial score (nSPS) is 25.5. The van der Waals surface area contributed by atoms with Crippen LogP contribution in [0.3, 0.4) is 0 Å². The third-order valence-corrected chi connectivity index (χ3v) is 4.39. The molecule has 0 heterocycles. The first kappa shape index (κ1) is 10.9. The summed E-state index contributed by atoms with van der Waals surface area (Å²) in [4.78, 5) is 14.2. The molecule has 0 spiro atoms. The molecule has 2 aliphatic carbocycles. The Hall–Kier alpha value is -0.570. The number of carbonyl (C=O) groups is 1. The molecule has 0 saturated heterocycles. The van der Waals surface area contributed by atoms with Gasteiger partial charge in [0.2, 0.25) is 5.91 Å². The minimum atomic E-state index is -0.197. The van der Waals surface area contributed by atoms with E-state index in [-0.39, 0.29) is 11.3 Å². The van der Waals surface area contributed by atoms with Crippen molar-refractivity contribution < 1.29 is 4.79 Å². The van der Waals surface area contributed by atoms with Gasteiger partial charge in [0, 0.05) is 19.6 Å². The maximum Gasteiger partial charge on any atom is 0.230 e. The molecule has 2 aliphatic rings. The van der Waals surface area contributed by atoms with Crippen molar-refractivity contribution in [1.29, 1.82) is 0 Å². The molecular weight excluding hydrogens is 188 g/mol. The van der Waals surface area contributed by atoms with Crippen molar-refractivity contribution in [3.8, 4) is 0 Å². The van der Waals surface area contributed by atoms with E-state index in [1.807, 2.05) is 11.9 Å². The molecule has 0 aliphatic heterocycles. The Morgan fingerprint density at radius 3 is 2.47 bits per heavy atom. The van der Waals surface area contributed by atoms with Crippen LogP contribution in [0, 0.1) is 11.3 Å². The van der Waals surface area contributed by atoms with Gasteiger partial charge in [-0.3, -0.25) is 4.79 Å². The molecule has 15 heavy (non-hydrogen) atoms. The fourth-order valence-corrected chi connectivity index (χ4v) is 2.56. The summed E-state index contributed by atoms with van der Waals surface area (Å²) in [6.45, 7) is 2.69. The van der Waals surface area contributed by atoms with E-state index in [1.165, 1.54) is 12.8 Å². The monoisotopic (exact) mass is 210 g/mol. The second-order valence-electron chi connectivity index (χ2n) is 5.33. The number of hydrogen-bond acceptors (Lipinski definition) is 2. The first-order chi connectivity index (χ1) is 7.10. The molecule has 2 N–H and O–H groups in total. The van der Waals surface area contributed by atoms with Crippen LogP contribution in [0.2, 0.25) is 0 Å². The molecule has 86 valence electrons. The lowest BCUT2D eigenvalue weighted by Crippen LogP contribution is -2.53. The van der Waals surface area contributed by atoms with Gasteiger partial charge in [0.15, 0.2) is 0 Å². The highest BCUT2D eigenvalue weighted by Crippen LogP contribution is 2.43. The highest BCUT2D eigenvalue weighted by atomic mass is 16.2. The standard InChI is InChI=1S/C12H22N2O/c1-9(10-4-5-10)14(2)11(15)12(8-13)6-3-7-12/h9-10H,3-8,13H2,1-2H3. The van der Waals surface area contributed by atoms with Crippen LogP contribution in [0.15, 0.2) is 0 Å². The van der Waals surface area contributed by atoms with Crippen LogP contribution in [0.1, 0.15) is 39.0 Å². The Bertz CT molecular complexity index is 251. The zero-order chi connectivity index (χ0) is 11.1. The van der Waals surface area contributed by atoms with Gasteiger partial charge >= 0.3 is 0 Å². The second kappa shape index (κ2) is 3.78. The number of hydrogen-bond donors (Lipinski definition) is 1. The Kier molecular flexibility index (Phi) is 2.75. The lowest BCUT2D eigenvalue weighted by molar-refractivity contribution is -0.147. The van der Waals surface area contributed by atoms with Crippen LogP contribution < -0.4 is 5.73 Å². The van der Waals surface area contributed by atoms with Gasteiger partial charge in [-0.25, -0.2) is 0 Å². The number of amides is 1. The Balaban J connectivity index is 1.99. The van der Waals surface area contributed by atoms with Crippen molar-refractivity contribution in [3.05, 3.63) is 0 Å². The van der Waals surface area contributed by atoms with Crippen molar-refractivity contribution in [2.45, 2.75) is 45.1 Å². The fourth-order valence-electron chi connectivity index (χ4n) is 2.56. The van der Waals surface area contributed by atoms with Gasteiger partial charge in [0.1, 0.15) is 0 Å². The summed E-state index contributed by atoms with van der Waals surface area (Å²) in [6, 6.07) is 0.404. The number of rotatable bonds is 4. The van der Waals surface area contributed by atoms with Gasteiger partial charge in [-0.05, 0) is 38.5 Å². The highest BCUT2D eigenvalue weighted by Gasteiger charge is 2.46. The molecule has 0 radical (unpaired) electrons. The highest BCUT2D eigenvalue weighted by molar-refractivity contribution is 5.84. The summed E-state index contributed by atoms with van der Waals surface area (Å²) in [7, 11) is 1.95. The molecule has 2 saturated carbocycles. The summed E-state index contributed by atoms with van der Waals surface area (Å²) < 4.78 is 0. The average molecular weight is 210 g/mol. The molecular formula is C12H22N2O. The predicted molar refractivity (Wildman–Crippen MR) is 60.3 cm³/mol. The number of nitrogens with zero attached hydrogens (tertiary/aromatic N) is 1. The van der Waals surface area contributed by atoms with E-state index in [4.69, 9.17) is 5.73 Å². The van der Waals surface area contributed by atoms with Crippen LogP contribution >= 0.6 is 0 Å². The van der Waals surface area contributed by atoms with Crippen LogP contribution in [0.25, 0.3) is 0 Å². The van der Waals surface area contributed by atoms with Crippen molar-refractivity contribution in [1.82, 2.24) is 4.90 Å². The maximum absolute atomic E-state index is 12.3. The van der Waals surface area contributed by atoms with E-state index in [0.717, 1.165) is 25.2 Å². The first-order valence-electron chi connectivity index (χ1n) is 6.08. The molecule has 1 unspecified atom stereocenters. The smallest absolute Gasteiger partial charge is 0.230 e. The molecule has 0 bridgehead atoms. The zero-order valence-electron chi connectivity index (χ0n) is 9.83. The van der Waals surface area contributed by atoms with E-state index in [9.17, 15) is 4.79 Å². The molecule has 1 atom stereocenters. The lowest BCUT2D eigenvalue weighted by atomic mass is 9.67. The second-order valence-corrected chi connectivity index (χ2v) is 5.33. The first-order valence-corrected chi connectivity index (χ1v) is 6.08. The van der Waals surface area contributed by atoms with Gasteiger partial charge in [0.05, 0.1) is 5.41 Å². The number of nitrogens with two attached hydrogens (primary N) is 1. The van der Waals surface area contributed by atoms with Crippen molar-refractivity contribution in [3.63, 3.8) is 0 Å². The summed E-state index contributed by atoms with van der Waals surface area (Å²) in [5.74, 6) is 1.03. The third kappa shape index (κ3) is 1.78. The molecule has 0 aromatic heterocycles. The van der Waals surface area contributed by atoms with Gasteiger partial charge < -0.3 is 10.6 Å². The van der Waals surface area contributed by atoms with Gasteiger partial charge in [0.25, 0.3) is 0 Å². The summed E-state index contributed by atoms with van der Waals surface area (Å²) in [6.07, 6.45) is 5.71. The molecule has 2 rings (SSSR count). The van der Waals surface area contributed by atoms with Crippen molar-refractivity contribution in [2.24, 2.45) is 17.1 Å². The summed E-state index contributed by atoms with van der Waals surface area (Å²) in [5.41, 5.74) is 5.56. The zero-order valence-corrected chi connectivity index (χ0v) is 9.83. The Morgan fingerprint density at radius 2 is 2.13 bits per heavy atom. The SMILES string of the molecule is CC(C1CC1)N(C)C(=O)C1(CN)CCC1. The van der Waals surface area contributed by atoms with Gasteiger partial charge in [-0.2, -0.15) is 0 Å². The van der Waals surface area contributed by atoms with E-state index in [0.29, 0.717) is 12.6 Å². The van der Waals surface area contributed by atoms with Gasteiger partial charge in [-0.1, -0.05) is 6.42 Å². The van der Waals surface area contributed by atoms with Crippen LogP contribution in [0.4, 0.5) is 0 Å². The van der Waals surface area contributed by atoms with E-state index >= 15 is 0 Å². The molecule has 2 fully saturated rings. The lowest BCUT2D eigenvalue weighted by Gasteiger charge is -2.43. The Morgan fingerprint density at radius 1 is 1.53 bits per heavy atom. The molecule has 0 aromatic carbocycles. The fraction of sp³-hybridized carbons (Fsp3) is 0.917. The van der Waals surface area contributed by atoms with E-state index < -0.39 is 0 Å². The van der Waals surface area contributed by atoms with E-state index in [2.05, 4.69) is 6.92 Å². The summed E-state index contributed by atoms with van der Waals surface area (Å²) in [5, 5.41) is 0. The topological polar surface area (TPSA) is 46.3 Å². The minimum absolute atomic E-state index is 0.197. The van der Waals surface area contributed by atoms with Crippen LogP contribution in [-0.2, 0) is 4.79 Å². The van der Waals surface area contributed by atoms with Crippen molar-refractivity contribution >= 4 is 5.91 Å². The maximum atomic E-state index is 12.3. The largest absolute Gasteiger partial charge is 0.342 e. The molecule has 0 aromatic rings. The number of carbonyl (C=O) groups excluding carboxylic acids is 1. The molecule has 3 heteroatoms. The van der Waals surface area contributed by atoms with E-state index in [1.54, 1.807) is 0 Å². The average Bonchev–Trinajstić information content (AvgIpc) is 2.97. The molecule has 3 nitrogen and oxygen atoms in total.